The summed E-state index contributed by atoms with van der Waals surface area (Å²) >= 11 is 6.44. The van der Waals surface area contributed by atoms with Crippen molar-refractivity contribution in [3.63, 3.8) is 0 Å². The number of halogens is 1. The number of nitro benzene ring substituents is 1. The molecule has 3 aromatic heterocycles. The van der Waals surface area contributed by atoms with Crippen LogP contribution in [-0.4, -0.2) is 83.0 Å². The predicted molar refractivity (Wildman–Crippen MR) is 151 cm³/mol. The van der Waals surface area contributed by atoms with Crippen LogP contribution in [-0.2, 0) is 4.74 Å². The maximum absolute atomic E-state index is 12.0. The minimum atomic E-state index is -0.404. The first-order chi connectivity index (χ1) is 18.4. The Balaban J connectivity index is 0.00000353. The number of hydrogen-bond acceptors (Lipinski definition) is 10. The summed E-state index contributed by atoms with van der Waals surface area (Å²) in [5, 5.41) is 19.8. The van der Waals surface area contributed by atoms with Crippen LogP contribution in [0.15, 0.2) is 48.9 Å². The number of aromatic nitrogens is 4. The molecule has 0 aliphatic carbocycles. The average Bonchev–Trinajstić information content (AvgIpc) is 3.37. The van der Waals surface area contributed by atoms with Gasteiger partial charge in [0.15, 0.2) is 0 Å². The highest BCUT2D eigenvalue weighted by Gasteiger charge is 2.23. The lowest BCUT2D eigenvalue weighted by atomic mass is 10.2. The minimum Gasteiger partial charge on any atom is -0.494 e. The number of methoxy groups -OCH3 is 1. The van der Waals surface area contributed by atoms with Gasteiger partial charge >= 0.3 is 0 Å². The van der Waals surface area contributed by atoms with E-state index >= 15 is 0 Å². The van der Waals surface area contributed by atoms with Crippen LogP contribution in [0.25, 0.3) is 16.8 Å². The van der Waals surface area contributed by atoms with Gasteiger partial charge in [-0.15, -0.1) is 0 Å². The summed E-state index contributed by atoms with van der Waals surface area (Å²) < 4.78 is 12.7. The van der Waals surface area contributed by atoms with Crippen molar-refractivity contribution in [3.05, 3.63) is 64.1 Å². The second-order valence-corrected chi connectivity index (χ2v) is 9.18. The molecular formula is C26H31ClN8O4. The molecule has 1 fully saturated rings. The number of fused-ring (bicyclic) bond motifs is 1. The normalized spacial score (nSPS) is 13.6. The number of nitro groups is 1. The maximum atomic E-state index is 12.0. The molecule has 12 nitrogen and oxygen atoms in total. The minimum absolute atomic E-state index is 0. The lowest BCUT2D eigenvalue weighted by Crippen LogP contribution is -2.40. The van der Waals surface area contributed by atoms with E-state index in [1.165, 1.54) is 19.4 Å². The zero-order valence-corrected chi connectivity index (χ0v) is 21.8. The van der Waals surface area contributed by atoms with E-state index in [-0.39, 0.29) is 19.1 Å². The summed E-state index contributed by atoms with van der Waals surface area (Å²) in [6.45, 7) is 4.47. The summed E-state index contributed by atoms with van der Waals surface area (Å²) in [4.78, 5) is 24.6. The smallest absolute Gasteiger partial charge is 0.294 e. The van der Waals surface area contributed by atoms with Crippen molar-refractivity contribution in [1.82, 2.24) is 24.5 Å². The van der Waals surface area contributed by atoms with E-state index in [4.69, 9.17) is 21.1 Å². The Hall–Kier alpha value is -4.00. The van der Waals surface area contributed by atoms with Crippen LogP contribution in [0.3, 0.4) is 0 Å². The Labute approximate surface area is 231 Å². The summed E-state index contributed by atoms with van der Waals surface area (Å²) in [6.07, 6.45) is 4.99. The van der Waals surface area contributed by atoms with Gasteiger partial charge in [0.05, 0.1) is 59.6 Å². The molecule has 1 saturated heterocycles. The standard InChI is InChI=1S/C25H27ClN8O4.CH4/c1-31(7-8-32-9-11-38-12-10-32)21-14-23(37-2)19(13-22(21)34(35)36)29-25-27-16-18(26)24(30-25)17-15-28-33-6-4-3-5-20(17)33;/h3-6,13-16H,7-12H2,1-2H3,(H,27,29,30);1H4. The number of anilines is 3. The quantitative estimate of drug-likeness (QED) is 0.233. The second-order valence-electron chi connectivity index (χ2n) is 8.78. The van der Waals surface area contributed by atoms with Crippen molar-refractivity contribution in [2.75, 3.05) is 63.8 Å². The van der Waals surface area contributed by atoms with Gasteiger partial charge in [-0.25, -0.2) is 14.5 Å². The van der Waals surface area contributed by atoms with E-state index in [1.54, 1.807) is 16.8 Å². The van der Waals surface area contributed by atoms with Gasteiger partial charge in [-0.2, -0.15) is 5.10 Å². The highest BCUT2D eigenvalue weighted by Crippen LogP contribution is 2.39. The van der Waals surface area contributed by atoms with Gasteiger partial charge in [0.2, 0.25) is 5.95 Å². The van der Waals surface area contributed by atoms with Gasteiger partial charge < -0.3 is 19.7 Å². The van der Waals surface area contributed by atoms with Crippen LogP contribution in [0.2, 0.25) is 5.02 Å². The van der Waals surface area contributed by atoms with Crippen molar-refractivity contribution < 1.29 is 14.4 Å². The molecule has 1 aliphatic heterocycles. The molecule has 4 heterocycles. The lowest BCUT2D eigenvalue weighted by Gasteiger charge is -2.29. The number of benzene rings is 1. The summed E-state index contributed by atoms with van der Waals surface area (Å²) in [7, 11) is 3.34. The molecule has 1 N–H and O–H groups in total. The van der Waals surface area contributed by atoms with Gasteiger partial charge in [0.1, 0.15) is 11.4 Å². The topological polar surface area (TPSA) is 123 Å². The van der Waals surface area contributed by atoms with Crippen molar-refractivity contribution in [2.45, 2.75) is 7.43 Å². The molecule has 0 radical (unpaired) electrons. The van der Waals surface area contributed by atoms with Crippen LogP contribution >= 0.6 is 11.6 Å². The van der Waals surface area contributed by atoms with Gasteiger partial charge in [0.25, 0.3) is 5.69 Å². The molecule has 13 heteroatoms. The molecule has 0 unspecified atom stereocenters. The van der Waals surface area contributed by atoms with Crippen molar-refractivity contribution in [1.29, 1.82) is 0 Å². The first kappa shape index (κ1) is 28.0. The van der Waals surface area contributed by atoms with E-state index < -0.39 is 4.92 Å². The van der Waals surface area contributed by atoms with Crippen LogP contribution in [0.1, 0.15) is 7.43 Å². The van der Waals surface area contributed by atoms with Crippen molar-refractivity contribution in [3.8, 4) is 17.0 Å². The fourth-order valence-electron chi connectivity index (χ4n) is 4.37. The van der Waals surface area contributed by atoms with E-state index in [9.17, 15) is 10.1 Å². The Kier molecular flexibility index (Phi) is 8.79. The third kappa shape index (κ3) is 6.03. The Bertz CT molecular complexity index is 1460. The number of ether oxygens (including phenoxy) is 2. The number of hydrogen-bond donors (Lipinski definition) is 1. The number of rotatable bonds is 9. The predicted octanol–water partition coefficient (Wildman–Crippen LogP) is 4.51. The molecular weight excluding hydrogens is 524 g/mol. The first-order valence-electron chi connectivity index (χ1n) is 12.0. The molecule has 39 heavy (non-hydrogen) atoms. The van der Waals surface area contributed by atoms with E-state index in [0.717, 1.165) is 30.7 Å². The number of nitrogens with zero attached hydrogens (tertiary/aromatic N) is 7. The molecule has 0 amide bonds. The first-order valence-corrected chi connectivity index (χ1v) is 12.4. The summed E-state index contributed by atoms with van der Waals surface area (Å²) in [5.74, 6) is 0.626. The van der Waals surface area contributed by atoms with Crippen molar-refractivity contribution in [2.24, 2.45) is 0 Å². The highest BCUT2D eigenvalue weighted by molar-refractivity contribution is 6.33. The maximum Gasteiger partial charge on any atom is 0.294 e. The van der Waals surface area contributed by atoms with Gasteiger partial charge in [-0.1, -0.05) is 25.1 Å². The fraction of sp³-hybridized carbons (Fsp3) is 0.346. The van der Waals surface area contributed by atoms with Crippen LogP contribution in [0.4, 0.5) is 23.0 Å². The van der Waals surface area contributed by atoms with Crippen molar-refractivity contribution >= 4 is 40.1 Å². The molecule has 5 rings (SSSR count). The zero-order valence-electron chi connectivity index (χ0n) is 21.0. The average molecular weight is 555 g/mol. The lowest BCUT2D eigenvalue weighted by molar-refractivity contribution is -0.384. The third-order valence-electron chi connectivity index (χ3n) is 6.43. The highest BCUT2D eigenvalue weighted by atomic mass is 35.5. The van der Waals surface area contributed by atoms with Gasteiger partial charge in [-0.05, 0) is 12.1 Å². The Morgan fingerprint density at radius 1 is 1.26 bits per heavy atom. The largest absolute Gasteiger partial charge is 0.494 e. The van der Waals surface area contributed by atoms with Gasteiger partial charge in [0, 0.05) is 57.1 Å². The summed E-state index contributed by atoms with van der Waals surface area (Å²) in [5.41, 5.74) is 2.80. The monoisotopic (exact) mass is 554 g/mol. The zero-order chi connectivity index (χ0) is 26.6. The molecule has 0 saturated carbocycles. The number of pyridine rings is 1. The van der Waals surface area contributed by atoms with Gasteiger partial charge in [-0.3, -0.25) is 15.0 Å². The summed E-state index contributed by atoms with van der Waals surface area (Å²) in [6, 6.07) is 8.78. The van der Waals surface area contributed by atoms with Crippen LogP contribution < -0.4 is 15.0 Å². The molecule has 206 valence electrons. The Morgan fingerprint density at radius 2 is 2.05 bits per heavy atom. The Morgan fingerprint density at radius 3 is 2.79 bits per heavy atom. The second kappa shape index (κ2) is 12.2. The van der Waals surface area contributed by atoms with E-state index in [0.29, 0.717) is 47.6 Å². The number of likely N-dealkylation sites (N-methyl/N-ethyl adjacent to an activating group) is 1. The molecule has 0 bridgehead atoms. The number of nitrogens with one attached hydrogen (secondary N) is 1. The molecule has 1 aromatic carbocycles. The van der Waals surface area contributed by atoms with E-state index in [2.05, 4.69) is 25.3 Å². The van der Waals surface area contributed by atoms with Crippen LogP contribution in [0, 0.1) is 10.1 Å². The molecule has 0 spiro atoms. The van der Waals surface area contributed by atoms with E-state index in [1.807, 2.05) is 36.3 Å². The number of morpholine rings is 1. The SMILES string of the molecule is C.COc1cc(N(C)CCN2CCOCC2)c([N+](=O)[O-])cc1Nc1ncc(Cl)c(-c2cnn3ccccc23)n1. The molecule has 1 aliphatic rings. The molecule has 0 atom stereocenters. The molecule has 4 aromatic rings. The third-order valence-corrected chi connectivity index (χ3v) is 6.71. The fourth-order valence-corrected chi connectivity index (χ4v) is 4.56. The van der Waals surface area contributed by atoms with Crippen LogP contribution in [0.5, 0.6) is 5.75 Å².